The van der Waals surface area contributed by atoms with E-state index < -0.39 is 12.1 Å². The molecule has 0 spiro atoms. The molecule has 1 aromatic carbocycles. The van der Waals surface area contributed by atoms with Crippen molar-refractivity contribution in [3.05, 3.63) is 35.4 Å². The smallest absolute Gasteiger partial charge is 0.353 e. The first kappa shape index (κ1) is 13.1. The highest BCUT2D eigenvalue weighted by molar-refractivity contribution is 6.36. The Morgan fingerprint density at radius 3 is 2.84 bits per heavy atom. The summed E-state index contributed by atoms with van der Waals surface area (Å²) >= 11 is 0. The SMILES string of the molecule is Cc1ccccc1CNC(=O)C1CC(C(=O)O)=NO1. The molecule has 0 saturated carbocycles. The third-order valence-electron chi connectivity index (χ3n) is 2.92. The molecule has 0 saturated heterocycles. The van der Waals surface area contributed by atoms with Crippen molar-refractivity contribution in [1.29, 1.82) is 0 Å². The molecule has 1 amide bonds. The van der Waals surface area contributed by atoms with Gasteiger partial charge in [0.1, 0.15) is 0 Å². The summed E-state index contributed by atoms with van der Waals surface area (Å²) in [4.78, 5) is 27.2. The summed E-state index contributed by atoms with van der Waals surface area (Å²) in [6.45, 7) is 2.34. The van der Waals surface area contributed by atoms with Gasteiger partial charge in [0.2, 0.25) is 6.10 Å². The fourth-order valence-electron chi connectivity index (χ4n) is 1.75. The number of benzene rings is 1. The minimum absolute atomic E-state index is 0.00502. The number of carbonyl (C=O) groups excluding carboxylic acids is 1. The monoisotopic (exact) mass is 262 g/mol. The Morgan fingerprint density at radius 2 is 2.21 bits per heavy atom. The van der Waals surface area contributed by atoms with Crippen LogP contribution in [0.4, 0.5) is 0 Å². The van der Waals surface area contributed by atoms with Gasteiger partial charge in [-0.25, -0.2) is 4.79 Å². The topological polar surface area (TPSA) is 88.0 Å². The van der Waals surface area contributed by atoms with Gasteiger partial charge in [-0.2, -0.15) is 0 Å². The maximum absolute atomic E-state index is 11.8. The second-order valence-corrected chi connectivity index (χ2v) is 4.29. The van der Waals surface area contributed by atoms with Crippen LogP contribution in [0.3, 0.4) is 0 Å². The molecule has 0 aliphatic carbocycles. The van der Waals surface area contributed by atoms with Gasteiger partial charge < -0.3 is 15.3 Å². The first-order valence-corrected chi connectivity index (χ1v) is 5.86. The van der Waals surface area contributed by atoms with Crippen LogP contribution in [0.25, 0.3) is 0 Å². The number of hydrogen-bond donors (Lipinski definition) is 2. The maximum atomic E-state index is 11.8. The number of nitrogens with one attached hydrogen (secondary N) is 1. The van der Waals surface area contributed by atoms with Gasteiger partial charge in [-0.15, -0.1) is 0 Å². The Morgan fingerprint density at radius 1 is 1.47 bits per heavy atom. The van der Waals surface area contributed by atoms with E-state index in [4.69, 9.17) is 9.94 Å². The molecule has 19 heavy (non-hydrogen) atoms. The van der Waals surface area contributed by atoms with Crippen molar-refractivity contribution < 1.29 is 19.5 Å². The van der Waals surface area contributed by atoms with Gasteiger partial charge in [0, 0.05) is 13.0 Å². The molecule has 6 nitrogen and oxygen atoms in total. The second kappa shape index (κ2) is 5.51. The fourth-order valence-corrected chi connectivity index (χ4v) is 1.75. The van der Waals surface area contributed by atoms with Crippen molar-refractivity contribution in [2.75, 3.05) is 0 Å². The van der Waals surface area contributed by atoms with E-state index >= 15 is 0 Å². The molecular weight excluding hydrogens is 248 g/mol. The van der Waals surface area contributed by atoms with Crippen molar-refractivity contribution in [3.63, 3.8) is 0 Å². The summed E-state index contributed by atoms with van der Waals surface area (Å²) in [5, 5.41) is 14.8. The number of hydrogen-bond acceptors (Lipinski definition) is 4. The van der Waals surface area contributed by atoms with Crippen LogP contribution in [0.1, 0.15) is 17.5 Å². The Hall–Kier alpha value is -2.37. The zero-order valence-electron chi connectivity index (χ0n) is 10.4. The molecule has 1 unspecified atom stereocenters. The molecule has 100 valence electrons. The van der Waals surface area contributed by atoms with Crippen LogP contribution in [0.5, 0.6) is 0 Å². The summed E-state index contributed by atoms with van der Waals surface area (Å²) in [6, 6.07) is 7.70. The predicted molar refractivity (Wildman–Crippen MR) is 67.6 cm³/mol. The number of carboxylic acids is 1. The molecule has 0 bridgehead atoms. The molecule has 1 aliphatic rings. The average molecular weight is 262 g/mol. The van der Waals surface area contributed by atoms with Crippen LogP contribution in [0.2, 0.25) is 0 Å². The number of oxime groups is 1. The maximum Gasteiger partial charge on any atom is 0.353 e. The molecule has 2 rings (SSSR count). The van der Waals surface area contributed by atoms with E-state index in [1.165, 1.54) is 0 Å². The Labute approximate surface area is 110 Å². The fraction of sp³-hybridized carbons (Fsp3) is 0.308. The number of rotatable bonds is 4. The van der Waals surface area contributed by atoms with Gasteiger partial charge >= 0.3 is 5.97 Å². The Balaban J connectivity index is 1.87. The van der Waals surface area contributed by atoms with Crippen LogP contribution in [0.15, 0.2) is 29.4 Å². The van der Waals surface area contributed by atoms with E-state index in [-0.39, 0.29) is 18.0 Å². The largest absolute Gasteiger partial charge is 0.477 e. The summed E-state index contributed by atoms with van der Waals surface area (Å²) < 4.78 is 0. The van der Waals surface area contributed by atoms with Crippen molar-refractivity contribution in [2.45, 2.75) is 26.0 Å². The lowest BCUT2D eigenvalue weighted by atomic mass is 10.1. The average Bonchev–Trinajstić information content (AvgIpc) is 2.87. The van der Waals surface area contributed by atoms with E-state index in [2.05, 4.69) is 10.5 Å². The third kappa shape index (κ3) is 3.09. The number of nitrogens with zero attached hydrogens (tertiary/aromatic N) is 1. The summed E-state index contributed by atoms with van der Waals surface area (Å²) in [5.74, 6) is -1.52. The molecule has 2 N–H and O–H groups in total. The van der Waals surface area contributed by atoms with E-state index in [0.29, 0.717) is 6.54 Å². The number of carboxylic acid groups (broad SMARTS) is 1. The van der Waals surface area contributed by atoms with Crippen molar-refractivity contribution in [2.24, 2.45) is 5.16 Å². The van der Waals surface area contributed by atoms with Crippen LogP contribution >= 0.6 is 0 Å². The highest BCUT2D eigenvalue weighted by atomic mass is 16.6. The molecule has 1 aliphatic heterocycles. The first-order chi connectivity index (χ1) is 9.08. The van der Waals surface area contributed by atoms with E-state index in [1.54, 1.807) is 0 Å². The number of amides is 1. The van der Waals surface area contributed by atoms with E-state index in [0.717, 1.165) is 11.1 Å². The molecule has 1 aromatic rings. The normalized spacial score (nSPS) is 17.5. The summed E-state index contributed by atoms with van der Waals surface area (Å²) in [6.07, 6.45) is -0.857. The van der Waals surface area contributed by atoms with E-state index in [9.17, 15) is 9.59 Å². The highest BCUT2D eigenvalue weighted by Gasteiger charge is 2.31. The zero-order valence-corrected chi connectivity index (χ0v) is 10.4. The van der Waals surface area contributed by atoms with Gasteiger partial charge in [-0.05, 0) is 18.1 Å². The molecule has 0 fully saturated rings. The Kier molecular flexibility index (Phi) is 3.79. The molecule has 1 heterocycles. The van der Waals surface area contributed by atoms with Crippen molar-refractivity contribution in [1.82, 2.24) is 5.32 Å². The molecule has 0 radical (unpaired) electrons. The predicted octanol–water partition coefficient (Wildman–Crippen LogP) is 0.841. The van der Waals surface area contributed by atoms with Crippen LogP contribution < -0.4 is 5.32 Å². The quantitative estimate of drug-likeness (QED) is 0.841. The summed E-state index contributed by atoms with van der Waals surface area (Å²) in [5.41, 5.74) is 1.96. The number of aliphatic carboxylic acids is 1. The van der Waals surface area contributed by atoms with Crippen molar-refractivity contribution >= 4 is 17.6 Å². The zero-order chi connectivity index (χ0) is 13.8. The van der Waals surface area contributed by atoms with Crippen LogP contribution in [-0.2, 0) is 21.0 Å². The summed E-state index contributed by atoms with van der Waals surface area (Å²) in [7, 11) is 0. The van der Waals surface area contributed by atoms with Crippen LogP contribution in [-0.4, -0.2) is 28.8 Å². The van der Waals surface area contributed by atoms with Gasteiger partial charge in [0.15, 0.2) is 5.71 Å². The molecule has 1 atom stereocenters. The van der Waals surface area contributed by atoms with Crippen molar-refractivity contribution in [3.8, 4) is 0 Å². The number of aryl methyl sites for hydroxylation is 1. The lowest BCUT2D eigenvalue weighted by Crippen LogP contribution is -2.34. The van der Waals surface area contributed by atoms with E-state index in [1.807, 2.05) is 31.2 Å². The standard InChI is InChI=1S/C13H14N2O4/c1-8-4-2-3-5-9(8)7-14-12(16)11-6-10(13(17)18)15-19-11/h2-5,11H,6-7H2,1H3,(H,14,16)(H,17,18). The van der Waals surface area contributed by atoms with Gasteiger partial charge in [0.05, 0.1) is 0 Å². The Bertz CT molecular complexity index is 539. The number of carbonyl (C=O) groups is 2. The highest BCUT2D eigenvalue weighted by Crippen LogP contribution is 2.12. The minimum Gasteiger partial charge on any atom is -0.477 e. The second-order valence-electron chi connectivity index (χ2n) is 4.29. The van der Waals surface area contributed by atoms with Gasteiger partial charge in [-0.1, -0.05) is 29.4 Å². The first-order valence-electron chi connectivity index (χ1n) is 5.86. The molecular formula is C13H14N2O4. The minimum atomic E-state index is -1.16. The molecule has 6 heteroatoms. The lowest BCUT2D eigenvalue weighted by Gasteiger charge is -2.10. The van der Waals surface area contributed by atoms with Gasteiger partial charge in [0.25, 0.3) is 5.91 Å². The third-order valence-corrected chi connectivity index (χ3v) is 2.92. The van der Waals surface area contributed by atoms with Gasteiger partial charge in [-0.3, -0.25) is 4.79 Å². The lowest BCUT2D eigenvalue weighted by molar-refractivity contribution is -0.131. The van der Waals surface area contributed by atoms with Crippen LogP contribution in [0, 0.1) is 6.92 Å². The molecule has 0 aromatic heterocycles.